The zero-order valence-electron chi connectivity index (χ0n) is 13.7. The molecule has 0 aliphatic rings. The monoisotopic (exact) mass is 348 g/mol. The molecule has 3 rings (SSSR count). The number of hydrogen-bond donors (Lipinski definition) is 3. The van der Waals surface area contributed by atoms with Crippen LogP contribution >= 0.6 is 0 Å². The van der Waals surface area contributed by atoms with Gasteiger partial charge >= 0.3 is 5.97 Å². The Balaban J connectivity index is 2.31. The fraction of sp³-hybridized carbons (Fsp3) is 0. The summed E-state index contributed by atoms with van der Waals surface area (Å²) in [6, 6.07) is 16.1. The average molecular weight is 348 g/mol. The highest BCUT2D eigenvalue weighted by Crippen LogP contribution is 2.33. The Labute approximate surface area is 149 Å². The predicted molar refractivity (Wildman–Crippen MR) is 98.4 cm³/mol. The molecule has 5 N–H and O–H groups in total. The van der Waals surface area contributed by atoms with Crippen LogP contribution in [0.2, 0.25) is 0 Å². The topological polar surface area (TPSA) is 128 Å². The number of benzene rings is 2. The minimum absolute atomic E-state index is 0.0202. The number of hydrogen-bond acceptors (Lipinski definition) is 4. The summed E-state index contributed by atoms with van der Waals surface area (Å²) in [5.41, 5.74) is 13.5. The lowest BCUT2D eigenvalue weighted by atomic mass is 9.91. The molecule has 0 aliphatic heterocycles. The number of oxazole rings is 1. The zero-order valence-corrected chi connectivity index (χ0v) is 13.7. The molecule has 0 radical (unpaired) electrons. The van der Waals surface area contributed by atoms with Crippen LogP contribution in [0.15, 0.2) is 76.7 Å². The van der Waals surface area contributed by atoms with E-state index in [0.717, 1.165) is 5.56 Å². The van der Waals surface area contributed by atoms with Crippen LogP contribution in [0.4, 0.5) is 5.69 Å². The van der Waals surface area contributed by atoms with Crippen LogP contribution in [0.3, 0.4) is 0 Å². The normalized spacial score (nSPS) is 11.5. The largest absolute Gasteiger partial charge is 0.478 e. The van der Waals surface area contributed by atoms with E-state index in [-0.39, 0.29) is 17.2 Å². The number of aliphatic imine (C=N–C) groups is 1. The summed E-state index contributed by atoms with van der Waals surface area (Å²) in [7, 11) is 0. The number of aliphatic carboxylic acids is 1. The van der Waals surface area contributed by atoms with Gasteiger partial charge < -0.3 is 21.0 Å². The summed E-state index contributed by atoms with van der Waals surface area (Å²) in [6.07, 6.45) is 2.49. The highest BCUT2D eigenvalue weighted by atomic mass is 16.4. The first-order valence-corrected chi connectivity index (χ1v) is 7.68. The molecule has 0 saturated carbocycles. The number of carboxylic acids is 1. The number of carboxylic acid groups (broad SMARTS) is 1. The number of aromatic nitrogens is 1. The van der Waals surface area contributed by atoms with Gasteiger partial charge in [0, 0.05) is 5.57 Å². The van der Waals surface area contributed by atoms with E-state index in [0.29, 0.717) is 16.8 Å². The molecule has 7 heteroatoms. The van der Waals surface area contributed by atoms with Gasteiger partial charge in [-0.05, 0) is 23.3 Å². The molecule has 1 heterocycles. The maximum absolute atomic E-state index is 12.0. The Morgan fingerprint density at radius 3 is 2.38 bits per heavy atom. The average Bonchev–Trinajstić information content (AvgIpc) is 3.13. The third kappa shape index (κ3) is 3.62. The maximum Gasteiger partial charge on any atom is 0.338 e. The van der Waals surface area contributed by atoms with Gasteiger partial charge in [-0.3, -0.25) is 0 Å². The Hall–Kier alpha value is -3.87. The van der Waals surface area contributed by atoms with Crippen LogP contribution in [-0.2, 0) is 4.79 Å². The Morgan fingerprint density at radius 2 is 1.77 bits per heavy atom. The van der Waals surface area contributed by atoms with Crippen molar-refractivity contribution < 1.29 is 14.3 Å². The molecule has 3 aromatic rings. The van der Waals surface area contributed by atoms with E-state index in [1.165, 1.54) is 12.7 Å². The van der Waals surface area contributed by atoms with Gasteiger partial charge in [-0.25, -0.2) is 14.8 Å². The van der Waals surface area contributed by atoms with Crippen molar-refractivity contribution in [2.24, 2.45) is 16.5 Å². The molecule has 0 fully saturated rings. The van der Waals surface area contributed by atoms with E-state index in [9.17, 15) is 9.90 Å². The smallest absolute Gasteiger partial charge is 0.338 e. The second-order valence-electron chi connectivity index (χ2n) is 5.38. The lowest BCUT2D eigenvalue weighted by molar-refractivity contribution is -0.130. The highest BCUT2D eigenvalue weighted by molar-refractivity contribution is 6.25. The maximum atomic E-state index is 12.0. The first-order valence-electron chi connectivity index (χ1n) is 7.68. The molecule has 2 aromatic carbocycles. The van der Waals surface area contributed by atoms with Gasteiger partial charge in [0.2, 0.25) is 0 Å². The Morgan fingerprint density at radius 1 is 1.04 bits per heavy atom. The molecule has 0 unspecified atom stereocenters. The number of carbonyl (C=O) groups is 1. The van der Waals surface area contributed by atoms with Gasteiger partial charge in [0.15, 0.2) is 12.4 Å². The quantitative estimate of drug-likeness (QED) is 0.369. The molecule has 26 heavy (non-hydrogen) atoms. The molecule has 0 amide bonds. The Kier molecular flexibility index (Phi) is 4.80. The molecule has 0 spiro atoms. The molecule has 0 aliphatic carbocycles. The number of nitrogens with two attached hydrogens (primary N) is 2. The summed E-state index contributed by atoms with van der Waals surface area (Å²) in [4.78, 5) is 20.1. The van der Waals surface area contributed by atoms with Crippen molar-refractivity contribution in [2.45, 2.75) is 0 Å². The van der Waals surface area contributed by atoms with Gasteiger partial charge in [0.25, 0.3) is 0 Å². The van der Waals surface area contributed by atoms with E-state index < -0.39 is 5.97 Å². The zero-order chi connectivity index (χ0) is 18.5. The van der Waals surface area contributed by atoms with Gasteiger partial charge in [-0.2, -0.15) is 0 Å². The number of guanidine groups is 1. The lowest BCUT2D eigenvalue weighted by Gasteiger charge is -2.13. The fourth-order valence-electron chi connectivity index (χ4n) is 2.62. The van der Waals surface area contributed by atoms with Crippen LogP contribution < -0.4 is 11.5 Å². The fourth-order valence-corrected chi connectivity index (χ4v) is 2.62. The first kappa shape index (κ1) is 17.0. The van der Waals surface area contributed by atoms with Gasteiger partial charge in [-0.15, -0.1) is 0 Å². The summed E-state index contributed by atoms with van der Waals surface area (Å²) in [5, 5.41) is 9.85. The third-order valence-corrected chi connectivity index (χ3v) is 3.61. The molecular weight excluding hydrogens is 332 g/mol. The van der Waals surface area contributed by atoms with Crippen molar-refractivity contribution in [3.05, 3.63) is 84.1 Å². The van der Waals surface area contributed by atoms with E-state index in [1.54, 1.807) is 24.3 Å². The molecule has 7 nitrogen and oxygen atoms in total. The van der Waals surface area contributed by atoms with Crippen molar-refractivity contribution in [3.63, 3.8) is 0 Å². The number of nitrogens with zero attached hydrogens (tertiary/aromatic N) is 2. The molecule has 0 saturated heterocycles. The summed E-state index contributed by atoms with van der Waals surface area (Å²) in [6.45, 7) is 0. The van der Waals surface area contributed by atoms with E-state index in [4.69, 9.17) is 15.9 Å². The van der Waals surface area contributed by atoms with Crippen LogP contribution in [-0.4, -0.2) is 22.0 Å². The summed E-state index contributed by atoms with van der Waals surface area (Å²) in [5.74, 6) is -1.20. The summed E-state index contributed by atoms with van der Waals surface area (Å²) >= 11 is 0. The van der Waals surface area contributed by atoms with Crippen LogP contribution in [0.5, 0.6) is 0 Å². The third-order valence-electron chi connectivity index (χ3n) is 3.61. The Bertz CT molecular complexity index is 973. The van der Waals surface area contributed by atoms with Crippen LogP contribution in [0.1, 0.15) is 16.8 Å². The van der Waals surface area contributed by atoms with E-state index >= 15 is 0 Å². The minimum Gasteiger partial charge on any atom is -0.478 e. The summed E-state index contributed by atoms with van der Waals surface area (Å²) < 4.78 is 4.98. The molecule has 1 aromatic heterocycles. The molecule has 0 bridgehead atoms. The highest BCUT2D eigenvalue weighted by Gasteiger charge is 2.22. The van der Waals surface area contributed by atoms with Crippen molar-refractivity contribution in [3.8, 4) is 0 Å². The molecule has 0 atom stereocenters. The van der Waals surface area contributed by atoms with E-state index in [1.807, 2.05) is 30.3 Å². The predicted octanol–water partition coefficient (Wildman–Crippen LogP) is 2.62. The second-order valence-corrected chi connectivity index (χ2v) is 5.38. The van der Waals surface area contributed by atoms with Crippen molar-refractivity contribution in [1.29, 1.82) is 0 Å². The molecule has 130 valence electrons. The number of rotatable bonds is 5. The second kappa shape index (κ2) is 7.35. The van der Waals surface area contributed by atoms with Gasteiger partial charge in [-0.1, -0.05) is 42.5 Å². The van der Waals surface area contributed by atoms with Crippen molar-refractivity contribution in [1.82, 2.24) is 4.98 Å². The van der Waals surface area contributed by atoms with Crippen LogP contribution in [0, 0.1) is 0 Å². The van der Waals surface area contributed by atoms with Crippen molar-refractivity contribution >= 4 is 28.8 Å². The first-order chi connectivity index (χ1) is 12.6. The lowest BCUT2D eigenvalue weighted by Crippen LogP contribution is -2.21. The van der Waals surface area contributed by atoms with Crippen molar-refractivity contribution in [2.75, 3.05) is 0 Å². The SMILES string of the molecule is NC(N)=Nc1cccc(C(=C(C(=O)O)c2cocn2)c2ccccc2)c1. The molecular formula is C19H16N4O3. The van der Waals surface area contributed by atoms with Gasteiger partial charge in [0.1, 0.15) is 12.0 Å². The van der Waals surface area contributed by atoms with Crippen LogP contribution in [0.25, 0.3) is 11.1 Å². The standard InChI is InChI=1S/C19H16N4O3/c20-19(21)23-14-8-4-7-13(9-14)16(12-5-2-1-3-6-12)17(18(24)25)15-10-26-11-22-15/h1-11H,(H,24,25)(H4,20,21,23). The minimum atomic E-state index is -1.12. The van der Waals surface area contributed by atoms with Gasteiger partial charge in [0.05, 0.1) is 11.3 Å². The van der Waals surface area contributed by atoms with E-state index in [2.05, 4.69) is 9.98 Å².